The number of esters is 1. The maximum atomic E-state index is 12.2. The second-order valence-electron chi connectivity index (χ2n) is 6.68. The molecule has 1 aliphatic heterocycles. The Morgan fingerprint density at radius 1 is 1.25 bits per heavy atom. The maximum absolute atomic E-state index is 12.2. The van der Waals surface area contributed by atoms with E-state index in [2.05, 4.69) is 19.2 Å². The van der Waals surface area contributed by atoms with E-state index in [0.717, 1.165) is 19.3 Å². The Hall–Kier alpha value is -1.63. The molecule has 0 aliphatic carbocycles. The van der Waals surface area contributed by atoms with Crippen molar-refractivity contribution < 1.29 is 23.9 Å². The van der Waals surface area contributed by atoms with Gasteiger partial charge in [0, 0.05) is 32.7 Å². The second-order valence-corrected chi connectivity index (χ2v) is 6.68. The predicted molar refractivity (Wildman–Crippen MR) is 89.2 cm³/mol. The summed E-state index contributed by atoms with van der Waals surface area (Å²) in [6.45, 7) is 8.53. The molecular weight excluding hydrogens is 312 g/mol. The van der Waals surface area contributed by atoms with Crippen molar-refractivity contribution in [2.24, 2.45) is 5.92 Å². The van der Waals surface area contributed by atoms with Crippen LogP contribution in [0.3, 0.4) is 0 Å². The first kappa shape index (κ1) is 20.4. The molecule has 0 aromatic carbocycles. The molecule has 24 heavy (non-hydrogen) atoms. The summed E-state index contributed by atoms with van der Waals surface area (Å²) in [5.41, 5.74) is 0. The molecule has 1 fully saturated rings. The molecule has 1 N–H and O–H groups in total. The number of piperidine rings is 1. The zero-order valence-electron chi connectivity index (χ0n) is 15.2. The van der Waals surface area contributed by atoms with Gasteiger partial charge in [-0.15, -0.1) is 0 Å². The minimum Gasteiger partial charge on any atom is -0.454 e. The van der Waals surface area contributed by atoms with Crippen molar-refractivity contribution in [3.05, 3.63) is 0 Å². The van der Waals surface area contributed by atoms with Crippen LogP contribution in [-0.4, -0.2) is 61.1 Å². The number of carbonyl (C=O) groups is 3. The number of carbonyl (C=O) groups excluding carboxylic acids is 3. The molecule has 0 aromatic rings. The Kier molecular flexibility index (Phi) is 8.74. The number of nitrogens with one attached hydrogen (secondary N) is 1. The summed E-state index contributed by atoms with van der Waals surface area (Å²) in [7, 11) is 0. The van der Waals surface area contributed by atoms with Crippen LogP contribution in [0, 0.1) is 5.92 Å². The monoisotopic (exact) mass is 342 g/mol. The van der Waals surface area contributed by atoms with Crippen molar-refractivity contribution in [3.63, 3.8) is 0 Å². The summed E-state index contributed by atoms with van der Waals surface area (Å²) < 4.78 is 10.5. The molecule has 0 aromatic heterocycles. The molecule has 0 radical (unpaired) electrons. The summed E-state index contributed by atoms with van der Waals surface area (Å²) in [6.07, 6.45) is 1.86. The molecule has 2 amide bonds. The van der Waals surface area contributed by atoms with Crippen LogP contribution >= 0.6 is 0 Å². The Morgan fingerprint density at radius 3 is 2.58 bits per heavy atom. The molecule has 138 valence electrons. The third-order valence-electron chi connectivity index (χ3n) is 3.91. The fraction of sp³-hybridized carbons (Fsp3) is 0.824. The molecule has 0 saturated carbocycles. The molecule has 1 heterocycles. The molecule has 1 rings (SSSR count). The highest BCUT2D eigenvalue weighted by Gasteiger charge is 2.25. The lowest BCUT2D eigenvalue weighted by atomic mass is 10.1. The molecule has 7 heteroatoms. The van der Waals surface area contributed by atoms with Crippen molar-refractivity contribution in [1.29, 1.82) is 0 Å². The summed E-state index contributed by atoms with van der Waals surface area (Å²) in [4.78, 5) is 36.7. The predicted octanol–water partition coefficient (Wildman–Crippen LogP) is 1.11. The van der Waals surface area contributed by atoms with Crippen molar-refractivity contribution in [3.8, 4) is 0 Å². The van der Waals surface area contributed by atoms with Crippen molar-refractivity contribution in [2.45, 2.75) is 59.1 Å². The zero-order valence-corrected chi connectivity index (χ0v) is 15.2. The summed E-state index contributed by atoms with van der Waals surface area (Å²) >= 11 is 0. The normalized spacial score (nSPS) is 19.0. The first-order valence-electron chi connectivity index (χ1n) is 8.62. The second kappa shape index (κ2) is 10.3. The van der Waals surface area contributed by atoms with Gasteiger partial charge in [-0.05, 0) is 32.1 Å². The number of amides is 2. The first-order chi connectivity index (χ1) is 11.3. The van der Waals surface area contributed by atoms with Crippen LogP contribution < -0.4 is 5.32 Å². The van der Waals surface area contributed by atoms with Gasteiger partial charge in [-0.1, -0.05) is 13.8 Å². The van der Waals surface area contributed by atoms with Gasteiger partial charge in [0.15, 0.2) is 12.7 Å². The van der Waals surface area contributed by atoms with Crippen molar-refractivity contribution in [1.82, 2.24) is 10.2 Å². The molecule has 1 aliphatic rings. The molecule has 0 spiro atoms. The largest absolute Gasteiger partial charge is 0.454 e. The van der Waals surface area contributed by atoms with Crippen LogP contribution in [-0.2, 0) is 23.9 Å². The van der Waals surface area contributed by atoms with Gasteiger partial charge in [-0.2, -0.15) is 0 Å². The highest BCUT2D eigenvalue weighted by atomic mass is 16.6. The Balaban J connectivity index is 2.31. The van der Waals surface area contributed by atoms with E-state index in [0.29, 0.717) is 25.6 Å². The maximum Gasteiger partial charge on any atom is 0.335 e. The average molecular weight is 342 g/mol. The van der Waals surface area contributed by atoms with Crippen LogP contribution in [0.1, 0.15) is 47.0 Å². The van der Waals surface area contributed by atoms with E-state index in [9.17, 15) is 14.4 Å². The summed E-state index contributed by atoms with van der Waals surface area (Å²) in [5, 5.41) is 2.82. The SMILES string of the molecule is CC(=O)NC1CCCN(C(=O)COC(=O)C(C)OCCC(C)C)C1. The van der Waals surface area contributed by atoms with Gasteiger partial charge in [0.05, 0.1) is 0 Å². The Morgan fingerprint density at radius 2 is 1.96 bits per heavy atom. The van der Waals surface area contributed by atoms with E-state index >= 15 is 0 Å². The van der Waals surface area contributed by atoms with Gasteiger partial charge < -0.3 is 19.7 Å². The zero-order chi connectivity index (χ0) is 18.1. The number of likely N-dealkylation sites (tertiary alicyclic amines) is 1. The first-order valence-corrected chi connectivity index (χ1v) is 8.62. The lowest BCUT2D eigenvalue weighted by Gasteiger charge is -2.32. The fourth-order valence-electron chi connectivity index (χ4n) is 2.50. The number of hydrogen-bond donors (Lipinski definition) is 1. The molecule has 2 unspecified atom stereocenters. The van der Waals surface area contributed by atoms with Gasteiger partial charge in [0.1, 0.15) is 0 Å². The van der Waals surface area contributed by atoms with E-state index in [4.69, 9.17) is 9.47 Å². The molecule has 1 saturated heterocycles. The third kappa shape index (κ3) is 7.77. The van der Waals surface area contributed by atoms with Crippen LogP contribution in [0.2, 0.25) is 0 Å². The van der Waals surface area contributed by atoms with Crippen molar-refractivity contribution >= 4 is 17.8 Å². The lowest BCUT2D eigenvalue weighted by Crippen LogP contribution is -2.50. The van der Waals surface area contributed by atoms with Crippen LogP contribution in [0.5, 0.6) is 0 Å². The van der Waals surface area contributed by atoms with Gasteiger partial charge in [0.2, 0.25) is 5.91 Å². The highest BCUT2D eigenvalue weighted by Crippen LogP contribution is 2.11. The van der Waals surface area contributed by atoms with E-state index in [1.165, 1.54) is 6.92 Å². The van der Waals surface area contributed by atoms with Crippen LogP contribution in [0.25, 0.3) is 0 Å². The fourth-order valence-corrected chi connectivity index (χ4v) is 2.50. The standard InChI is InChI=1S/C17H30N2O5/c1-12(2)7-9-23-13(3)17(22)24-11-16(21)19-8-5-6-15(10-19)18-14(4)20/h12-13,15H,5-11H2,1-4H3,(H,18,20). The number of hydrogen-bond acceptors (Lipinski definition) is 5. The molecule has 2 atom stereocenters. The number of ether oxygens (including phenoxy) is 2. The molecule has 7 nitrogen and oxygen atoms in total. The molecular formula is C17H30N2O5. The van der Waals surface area contributed by atoms with Crippen molar-refractivity contribution in [2.75, 3.05) is 26.3 Å². The van der Waals surface area contributed by atoms with Crippen LogP contribution in [0.15, 0.2) is 0 Å². The average Bonchev–Trinajstić information content (AvgIpc) is 2.51. The van der Waals surface area contributed by atoms with E-state index in [1.54, 1.807) is 11.8 Å². The Bertz CT molecular complexity index is 439. The smallest absolute Gasteiger partial charge is 0.335 e. The Labute approximate surface area is 144 Å². The number of rotatable bonds is 8. The minimum absolute atomic E-state index is 0.0332. The third-order valence-corrected chi connectivity index (χ3v) is 3.91. The highest BCUT2D eigenvalue weighted by molar-refractivity contribution is 5.82. The van der Waals surface area contributed by atoms with E-state index in [1.807, 2.05) is 0 Å². The quantitative estimate of drug-likeness (QED) is 0.668. The van der Waals surface area contributed by atoms with E-state index in [-0.39, 0.29) is 24.5 Å². The van der Waals surface area contributed by atoms with Gasteiger partial charge in [-0.3, -0.25) is 9.59 Å². The van der Waals surface area contributed by atoms with Gasteiger partial charge in [0.25, 0.3) is 5.91 Å². The summed E-state index contributed by atoms with van der Waals surface area (Å²) in [5.74, 6) is -0.367. The number of nitrogens with zero attached hydrogens (tertiary/aromatic N) is 1. The minimum atomic E-state index is -0.676. The summed E-state index contributed by atoms with van der Waals surface area (Å²) in [6, 6.07) is -0.0332. The van der Waals surface area contributed by atoms with E-state index < -0.39 is 12.1 Å². The molecule has 0 bridgehead atoms. The lowest BCUT2D eigenvalue weighted by molar-refractivity contribution is -0.161. The van der Waals surface area contributed by atoms with Crippen LogP contribution in [0.4, 0.5) is 0 Å². The van der Waals surface area contributed by atoms with Gasteiger partial charge >= 0.3 is 5.97 Å². The van der Waals surface area contributed by atoms with Gasteiger partial charge in [-0.25, -0.2) is 4.79 Å². The topological polar surface area (TPSA) is 84.9 Å².